The number of hydroxylamine groups is 2. The van der Waals surface area contributed by atoms with Crippen molar-refractivity contribution in [3.8, 4) is 0 Å². The second-order valence-corrected chi connectivity index (χ2v) is 3.56. The van der Waals surface area contributed by atoms with E-state index in [1.165, 1.54) is 14.0 Å². The average molecular weight is 221 g/mol. The predicted octanol–water partition coefficient (Wildman–Crippen LogP) is 1.45. The van der Waals surface area contributed by atoms with Gasteiger partial charge >= 0.3 is 0 Å². The van der Waals surface area contributed by atoms with Crippen LogP contribution in [0.15, 0.2) is 24.3 Å². The van der Waals surface area contributed by atoms with Crippen LogP contribution in [0.4, 0.5) is 0 Å². The molecule has 4 heteroatoms. The predicted molar refractivity (Wildman–Crippen MR) is 59.9 cm³/mol. The Balaban J connectivity index is 2.89. The summed E-state index contributed by atoms with van der Waals surface area (Å²) in [7, 11) is 2.97. The number of carbonyl (C=O) groups is 2. The number of carbonyl (C=O) groups excluding carboxylic acids is 2. The first-order valence-electron chi connectivity index (χ1n) is 4.95. The van der Waals surface area contributed by atoms with Crippen molar-refractivity contribution in [2.75, 3.05) is 14.2 Å². The number of nitrogens with zero attached hydrogens (tertiary/aromatic N) is 1. The Morgan fingerprint density at radius 1 is 1.38 bits per heavy atom. The van der Waals surface area contributed by atoms with Crippen molar-refractivity contribution in [3.63, 3.8) is 0 Å². The second-order valence-electron chi connectivity index (χ2n) is 3.56. The molecule has 0 unspecified atom stereocenters. The summed E-state index contributed by atoms with van der Waals surface area (Å²) in [6.45, 7) is 1.52. The van der Waals surface area contributed by atoms with Gasteiger partial charge < -0.3 is 0 Å². The molecular weight excluding hydrogens is 206 g/mol. The molecular formula is C12H15NO3. The third kappa shape index (κ3) is 3.17. The van der Waals surface area contributed by atoms with E-state index in [2.05, 4.69) is 0 Å². The highest BCUT2D eigenvalue weighted by molar-refractivity contribution is 5.93. The summed E-state index contributed by atoms with van der Waals surface area (Å²) in [5, 5.41) is 1.15. The third-order valence-electron chi connectivity index (χ3n) is 2.19. The van der Waals surface area contributed by atoms with Gasteiger partial charge in [-0.25, -0.2) is 5.06 Å². The molecule has 86 valence electrons. The lowest BCUT2D eigenvalue weighted by Crippen LogP contribution is -2.25. The van der Waals surface area contributed by atoms with Crippen LogP contribution in [-0.2, 0) is 16.1 Å². The molecule has 16 heavy (non-hydrogen) atoms. The van der Waals surface area contributed by atoms with Crippen molar-refractivity contribution in [1.29, 1.82) is 0 Å². The molecule has 0 saturated carbocycles. The number of benzene rings is 1. The van der Waals surface area contributed by atoms with Crippen LogP contribution in [0.3, 0.4) is 0 Å². The molecule has 0 heterocycles. The van der Waals surface area contributed by atoms with Crippen LogP contribution in [0.1, 0.15) is 22.8 Å². The highest BCUT2D eigenvalue weighted by Gasteiger charge is 2.11. The minimum atomic E-state index is -0.229. The summed E-state index contributed by atoms with van der Waals surface area (Å²) in [6, 6.07) is 6.99. The van der Waals surface area contributed by atoms with E-state index in [4.69, 9.17) is 4.84 Å². The molecule has 4 nitrogen and oxygen atoms in total. The van der Waals surface area contributed by atoms with Crippen LogP contribution in [0, 0.1) is 0 Å². The van der Waals surface area contributed by atoms with Gasteiger partial charge in [-0.05, 0) is 24.6 Å². The Bertz CT molecular complexity index is 401. The lowest BCUT2D eigenvalue weighted by Gasteiger charge is -2.13. The van der Waals surface area contributed by atoms with Crippen molar-refractivity contribution >= 4 is 11.7 Å². The van der Waals surface area contributed by atoms with Gasteiger partial charge in [-0.1, -0.05) is 12.1 Å². The number of rotatable bonds is 4. The van der Waals surface area contributed by atoms with Crippen LogP contribution in [-0.4, -0.2) is 30.9 Å². The summed E-state index contributed by atoms with van der Waals surface area (Å²) >= 11 is 0. The molecule has 0 atom stereocenters. The fraction of sp³-hybridized carbons (Fsp3) is 0.333. The lowest BCUT2D eigenvalue weighted by molar-refractivity contribution is -0.116. The highest BCUT2D eigenvalue weighted by atomic mass is 16.7. The smallest absolute Gasteiger partial charge is 0.277 e. The lowest BCUT2D eigenvalue weighted by atomic mass is 10.1. The van der Waals surface area contributed by atoms with Crippen LogP contribution in [0.25, 0.3) is 0 Å². The zero-order valence-electron chi connectivity index (χ0n) is 9.69. The number of amides is 1. The van der Waals surface area contributed by atoms with Crippen LogP contribution < -0.4 is 0 Å². The van der Waals surface area contributed by atoms with Gasteiger partial charge in [0.2, 0.25) is 0 Å². The van der Waals surface area contributed by atoms with E-state index in [0.717, 1.165) is 10.6 Å². The Labute approximate surface area is 94.8 Å². The summed E-state index contributed by atoms with van der Waals surface area (Å²) < 4.78 is 0. The second kappa shape index (κ2) is 5.42. The largest absolute Gasteiger partial charge is 0.300 e. The van der Waals surface area contributed by atoms with E-state index >= 15 is 0 Å². The van der Waals surface area contributed by atoms with Gasteiger partial charge in [0.15, 0.2) is 0 Å². The standard InChI is InChI=1S/C12H15NO3/c1-9(14)7-10-5-4-6-11(8-10)12(15)13(2)16-3/h4-6,8H,7H2,1-3H3. The first-order chi connectivity index (χ1) is 7.54. The first-order valence-corrected chi connectivity index (χ1v) is 4.95. The molecule has 0 aliphatic carbocycles. The molecule has 1 amide bonds. The van der Waals surface area contributed by atoms with Crippen LogP contribution in [0.5, 0.6) is 0 Å². The molecule has 1 rings (SSSR count). The van der Waals surface area contributed by atoms with Crippen LogP contribution in [0.2, 0.25) is 0 Å². The number of Topliss-reactive ketones (excluding diaryl/α,β-unsaturated/α-hetero) is 1. The molecule has 0 bridgehead atoms. The molecule has 1 aromatic rings. The van der Waals surface area contributed by atoms with Gasteiger partial charge in [-0.3, -0.25) is 14.4 Å². The van der Waals surface area contributed by atoms with E-state index in [9.17, 15) is 9.59 Å². The normalized spacial score (nSPS) is 9.94. The fourth-order valence-electron chi connectivity index (χ4n) is 1.37. The summed E-state index contributed by atoms with van der Waals surface area (Å²) in [5.41, 5.74) is 1.35. The zero-order chi connectivity index (χ0) is 12.1. The zero-order valence-corrected chi connectivity index (χ0v) is 9.69. The monoisotopic (exact) mass is 221 g/mol. The number of hydrogen-bond donors (Lipinski definition) is 0. The molecule has 0 aliphatic rings. The van der Waals surface area contributed by atoms with Crippen LogP contribution >= 0.6 is 0 Å². The maximum atomic E-state index is 11.7. The van der Waals surface area contributed by atoms with Crippen molar-refractivity contribution in [2.24, 2.45) is 0 Å². The van der Waals surface area contributed by atoms with Crippen molar-refractivity contribution in [3.05, 3.63) is 35.4 Å². The molecule has 0 fully saturated rings. The third-order valence-corrected chi connectivity index (χ3v) is 2.19. The highest BCUT2D eigenvalue weighted by Crippen LogP contribution is 2.08. The number of hydrogen-bond acceptors (Lipinski definition) is 3. The van der Waals surface area contributed by atoms with E-state index in [1.54, 1.807) is 25.2 Å². The van der Waals surface area contributed by atoms with Crippen molar-refractivity contribution < 1.29 is 14.4 Å². The Morgan fingerprint density at radius 3 is 2.62 bits per heavy atom. The topological polar surface area (TPSA) is 46.6 Å². The minimum absolute atomic E-state index is 0.0738. The maximum absolute atomic E-state index is 11.7. The van der Waals surface area contributed by atoms with Gasteiger partial charge in [-0.15, -0.1) is 0 Å². The summed E-state index contributed by atoms with van der Waals surface area (Å²) in [5.74, 6) is -0.155. The summed E-state index contributed by atoms with van der Waals surface area (Å²) in [6.07, 6.45) is 0.345. The van der Waals surface area contributed by atoms with E-state index in [-0.39, 0.29) is 11.7 Å². The van der Waals surface area contributed by atoms with Gasteiger partial charge in [0, 0.05) is 19.0 Å². The quantitative estimate of drug-likeness (QED) is 0.723. The number of ketones is 1. The van der Waals surface area contributed by atoms with Crippen molar-refractivity contribution in [2.45, 2.75) is 13.3 Å². The van der Waals surface area contributed by atoms with E-state index < -0.39 is 0 Å². The fourth-order valence-corrected chi connectivity index (χ4v) is 1.37. The molecule has 0 radical (unpaired) electrons. The van der Waals surface area contributed by atoms with Gasteiger partial charge in [-0.2, -0.15) is 0 Å². The minimum Gasteiger partial charge on any atom is -0.300 e. The van der Waals surface area contributed by atoms with Gasteiger partial charge in [0.1, 0.15) is 5.78 Å². The molecule has 0 saturated heterocycles. The Kier molecular flexibility index (Phi) is 4.19. The SMILES string of the molecule is CON(C)C(=O)c1cccc(CC(C)=O)c1. The maximum Gasteiger partial charge on any atom is 0.277 e. The van der Waals surface area contributed by atoms with Gasteiger partial charge in [0.25, 0.3) is 5.91 Å². The van der Waals surface area contributed by atoms with Crippen molar-refractivity contribution in [1.82, 2.24) is 5.06 Å². The average Bonchev–Trinajstić information content (AvgIpc) is 2.26. The van der Waals surface area contributed by atoms with E-state index in [0.29, 0.717) is 12.0 Å². The van der Waals surface area contributed by atoms with Gasteiger partial charge in [0.05, 0.1) is 7.11 Å². The Morgan fingerprint density at radius 2 is 2.06 bits per heavy atom. The summed E-state index contributed by atoms with van der Waals surface area (Å²) in [4.78, 5) is 27.5. The molecule has 0 aliphatic heterocycles. The first kappa shape index (κ1) is 12.4. The molecule has 1 aromatic carbocycles. The Hall–Kier alpha value is -1.68. The molecule has 0 spiro atoms. The van der Waals surface area contributed by atoms with E-state index in [1.807, 2.05) is 6.07 Å². The molecule has 0 aromatic heterocycles. The molecule has 0 N–H and O–H groups in total.